The Balaban J connectivity index is 1.55. The Hall–Kier alpha value is -4.32. The summed E-state index contributed by atoms with van der Waals surface area (Å²) in [7, 11) is 1.58. The molecule has 2 aliphatic rings. The summed E-state index contributed by atoms with van der Waals surface area (Å²) in [6.45, 7) is 8.49. The number of benzene rings is 2. The Kier molecular flexibility index (Phi) is 9.96. The van der Waals surface area contributed by atoms with E-state index in [0.29, 0.717) is 12.1 Å². The third kappa shape index (κ3) is 8.24. The van der Waals surface area contributed by atoms with Gasteiger partial charge in [-0.2, -0.15) is 5.10 Å². The minimum Gasteiger partial charge on any atom is -0.444 e. The van der Waals surface area contributed by atoms with Gasteiger partial charge < -0.3 is 25.0 Å². The molecule has 1 saturated heterocycles. The molecule has 2 atom stereocenters. The number of amides is 4. The molecule has 4 rings (SSSR count). The monoisotopic (exact) mass is 623 g/mol. The Bertz CT molecular complexity index is 1440. The summed E-state index contributed by atoms with van der Waals surface area (Å²) in [5.41, 5.74) is -1.06. The number of carbonyl (C=O) groups excluding carboxylic acids is 4. The number of piperidine rings is 1. The molecule has 12 heteroatoms. The second kappa shape index (κ2) is 13.4. The minimum atomic E-state index is -1.43. The first kappa shape index (κ1) is 33.6. The summed E-state index contributed by atoms with van der Waals surface area (Å²) >= 11 is 0. The van der Waals surface area contributed by atoms with Gasteiger partial charge in [-0.15, -0.1) is 0 Å². The van der Waals surface area contributed by atoms with Crippen molar-refractivity contribution in [2.75, 3.05) is 26.7 Å². The predicted molar refractivity (Wildman–Crippen MR) is 165 cm³/mol. The SMILES string of the molecule is CN1N=C2CCN(C(=O)[C@@H](COCc3ccccc3)NC(=O)C(C)(C)NC(=O)OC(C)(C)C)C[C@@]2(Cc2ccc(F)cc2)C1=O. The Morgan fingerprint density at radius 3 is 2.33 bits per heavy atom. The van der Waals surface area contributed by atoms with Crippen LogP contribution in [-0.2, 0) is 36.9 Å². The maximum atomic E-state index is 14.1. The van der Waals surface area contributed by atoms with Crippen LogP contribution < -0.4 is 10.6 Å². The molecule has 242 valence electrons. The molecule has 4 amide bonds. The molecule has 1 fully saturated rings. The number of hydrogen-bond acceptors (Lipinski definition) is 7. The van der Waals surface area contributed by atoms with Crippen LogP contribution in [0.15, 0.2) is 59.7 Å². The normalized spacial score (nSPS) is 19.0. The van der Waals surface area contributed by atoms with Crippen LogP contribution in [0.5, 0.6) is 0 Å². The Morgan fingerprint density at radius 1 is 1.02 bits per heavy atom. The first-order chi connectivity index (χ1) is 21.1. The summed E-state index contributed by atoms with van der Waals surface area (Å²) in [5, 5.41) is 11.1. The number of ether oxygens (including phenoxy) is 2. The number of halogens is 1. The number of likely N-dealkylation sites (tertiary alicyclic amines) is 1. The van der Waals surface area contributed by atoms with Gasteiger partial charge in [-0.3, -0.25) is 14.4 Å². The second-order valence-electron chi connectivity index (χ2n) is 13.0. The maximum Gasteiger partial charge on any atom is 0.408 e. The molecule has 2 aromatic rings. The number of carbonyl (C=O) groups is 4. The van der Waals surface area contributed by atoms with Crippen LogP contribution in [0.2, 0.25) is 0 Å². The number of alkyl carbamates (subject to hydrolysis) is 1. The average molecular weight is 624 g/mol. The van der Waals surface area contributed by atoms with Crippen LogP contribution in [0.1, 0.15) is 52.2 Å². The molecule has 0 aliphatic carbocycles. The fraction of sp³-hybridized carbons (Fsp3) is 0.485. The van der Waals surface area contributed by atoms with Gasteiger partial charge in [0.2, 0.25) is 11.8 Å². The van der Waals surface area contributed by atoms with Crippen LogP contribution >= 0.6 is 0 Å². The van der Waals surface area contributed by atoms with Crippen molar-refractivity contribution in [3.8, 4) is 0 Å². The van der Waals surface area contributed by atoms with Crippen LogP contribution in [0.25, 0.3) is 0 Å². The van der Waals surface area contributed by atoms with Crippen molar-refractivity contribution in [3.05, 3.63) is 71.5 Å². The molecule has 2 aromatic carbocycles. The zero-order chi connectivity index (χ0) is 33.0. The van der Waals surface area contributed by atoms with E-state index in [9.17, 15) is 23.6 Å². The van der Waals surface area contributed by atoms with E-state index in [4.69, 9.17) is 9.47 Å². The first-order valence-electron chi connectivity index (χ1n) is 14.9. The minimum absolute atomic E-state index is 0.0236. The molecule has 2 aliphatic heterocycles. The summed E-state index contributed by atoms with van der Waals surface area (Å²) in [6.07, 6.45) is -0.200. The van der Waals surface area contributed by atoms with Crippen molar-refractivity contribution in [1.82, 2.24) is 20.5 Å². The first-order valence-corrected chi connectivity index (χ1v) is 14.9. The Morgan fingerprint density at radius 2 is 1.69 bits per heavy atom. The van der Waals surface area contributed by atoms with Gasteiger partial charge in [-0.1, -0.05) is 42.5 Å². The number of rotatable bonds is 10. The maximum absolute atomic E-state index is 14.1. The number of nitrogens with one attached hydrogen (secondary N) is 2. The van der Waals surface area contributed by atoms with Crippen LogP contribution in [0, 0.1) is 11.2 Å². The summed E-state index contributed by atoms with van der Waals surface area (Å²) in [5.74, 6) is -1.71. The molecular weight excluding hydrogens is 581 g/mol. The highest BCUT2D eigenvalue weighted by Crippen LogP contribution is 2.38. The molecule has 0 aromatic heterocycles. The van der Waals surface area contributed by atoms with Gasteiger partial charge in [-0.05, 0) is 64.3 Å². The van der Waals surface area contributed by atoms with E-state index in [1.165, 1.54) is 31.0 Å². The Labute approximate surface area is 263 Å². The third-order valence-electron chi connectivity index (χ3n) is 7.72. The van der Waals surface area contributed by atoms with Crippen molar-refractivity contribution in [3.63, 3.8) is 0 Å². The van der Waals surface area contributed by atoms with E-state index < -0.39 is 46.3 Å². The highest BCUT2D eigenvalue weighted by atomic mass is 19.1. The van der Waals surface area contributed by atoms with E-state index in [1.54, 1.807) is 44.9 Å². The summed E-state index contributed by atoms with van der Waals surface area (Å²) in [6, 6.07) is 14.2. The molecule has 0 spiro atoms. The molecule has 2 heterocycles. The average Bonchev–Trinajstić information content (AvgIpc) is 3.21. The van der Waals surface area contributed by atoms with Crippen LogP contribution in [0.3, 0.4) is 0 Å². The van der Waals surface area contributed by atoms with Gasteiger partial charge in [0, 0.05) is 26.6 Å². The zero-order valence-electron chi connectivity index (χ0n) is 26.7. The topological polar surface area (TPSA) is 130 Å². The number of nitrogens with zero attached hydrogens (tertiary/aromatic N) is 3. The highest BCUT2D eigenvalue weighted by Gasteiger charge is 2.54. The standard InChI is InChI=1S/C33H42FN5O6/c1-31(2,3)45-30(43)36-32(4,5)28(41)35-25(20-44-19-23-10-8-7-9-11-23)27(40)39-17-16-26-33(21-39,29(42)38(6)37-26)18-22-12-14-24(34)15-13-22/h7-15,25H,16-21H2,1-6H3,(H,35,41)(H,36,43)/t25-,33-/m1/s1. The lowest BCUT2D eigenvalue weighted by atomic mass is 9.73. The lowest BCUT2D eigenvalue weighted by Gasteiger charge is -2.41. The molecule has 2 N–H and O–H groups in total. The fourth-order valence-corrected chi connectivity index (χ4v) is 5.44. The van der Waals surface area contributed by atoms with Crippen LogP contribution in [0.4, 0.5) is 9.18 Å². The van der Waals surface area contributed by atoms with Gasteiger partial charge in [0.05, 0.1) is 18.9 Å². The molecule has 0 bridgehead atoms. The second-order valence-corrected chi connectivity index (χ2v) is 13.0. The largest absolute Gasteiger partial charge is 0.444 e. The van der Waals surface area contributed by atoms with Gasteiger partial charge >= 0.3 is 6.09 Å². The molecule has 11 nitrogen and oxygen atoms in total. The summed E-state index contributed by atoms with van der Waals surface area (Å²) < 4.78 is 24.9. The lowest BCUT2D eigenvalue weighted by Crippen LogP contribution is -2.63. The predicted octanol–water partition coefficient (Wildman–Crippen LogP) is 3.42. The van der Waals surface area contributed by atoms with Gasteiger partial charge in [0.15, 0.2) is 0 Å². The van der Waals surface area contributed by atoms with Gasteiger partial charge in [-0.25, -0.2) is 14.2 Å². The molecule has 45 heavy (non-hydrogen) atoms. The molecule has 0 unspecified atom stereocenters. The number of fused-ring (bicyclic) bond motifs is 1. The highest BCUT2D eigenvalue weighted by molar-refractivity contribution is 6.13. The van der Waals surface area contributed by atoms with Gasteiger partial charge in [0.1, 0.15) is 28.4 Å². The van der Waals surface area contributed by atoms with Crippen molar-refractivity contribution < 1.29 is 33.0 Å². The van der Waals surface area contributed by atoms with E-state index in [2.05, 4.69) is 15.7 Å². The van der Waals surface area contributed by atoms with E-state index in [-0.39, 0.29) is 38.6 Å². The van der Waals surface area contributed by atoms with Crippen molar-refractivity contribution >= 4 is 29.5 Å². The molecular formula is C33H42FN5O6. The number of hydrogen-bond donors (Lipinski definition) is 2. The summed E-state index contributed by atoms with van der Waals surface area (Å²) in [4.78, 5) is 55.2. The van der Waals surface area contributed by atoms with Crippen LogP contribution in [-0.4, -0.2) is 83.4 Å². The quantitative estimate of drug-likeness (QED) is 0.417. The smallest absolute Gasteiger partial charge is 0.408 e. The van der Waals surface area contributed by atoms with E-state index in [1.807, 2.05) is 30.3 Å². The number of hydrazone groups is 1. The van der Waals surface area contributed by atoms with Crippen molar-refractivity contribution in [2.24, 2.45) is 10.5 Å². The van der Waals surface area contributed by atoms with Gasteiger partial charge in [0.25, 0.3) is 5.91 Å². The third-order valence-corrected chi connectivity index (χ3v) is 7.72. The lowest BCUT2D eigenvalue weighted by molar-refractivity contribution is -0.144. The van der Waals surface area contributed by atoms with E-state index in [0.717, 1.165) is 11.1 Å². The molecule has 0 saturated carbocycles. The van der Waals surface area contributed by atoms with Crippen molar-refractivity contribution in [2.45, 2.75) is 71.2 Å². The fourth-order valence-electron chi connectivity index (χ4n) is 5.44. The molecule has 0 radical (unpaired) electrons. The van der Waals surface area contributed by atoms with E-state index >= 15 is 0 Å². The zero-order valence-corrected chi connectivity index (χ0v) is 26.7. The van der Waals surface area contributed by atoms with Crippen molar-refractivity contribution in [1.29, 1.82) is 0 Å².